The quantitative estimate of drug-likeness (QED) is 0.686. The molecule has 7 nitrogen and oxygen atoms in total. The summed E-state index contributed by atoms with van der Waals surface area (Å²) in [5.41, 5.74) is 1.58. The van der Waals surface area contributed by atoms with E-state index in [1.54, 1.807) is 24.3 Å². The van der Waals surface area contributed by atoms with Crippen molar-refractivity contribution in [3.05, 3.63) is 58.6 Å². The largest absolute Gasteiger partial charge is 0.486 e. The SMILES string of the molecule is C[C@H](NC(=O)[C@H]1CCCN(S(=O)(=O)Cc2ccc(Cl)cc2)C1)c1ccc2c(c1)OCCO2. The number of carbonyl (C=O) groups is 1. The Morgan fingerprint density at radius 1 is 1.16 bits per heavy atom. The normalized spacial score (nSPS) is 19.9. The van der Waals surface area contributed by atoms with Crippen LogP contribution in [0.1, 0.15) is 36.9 Å². The highest BCUT2D eigenvalue weighted by molar-refractivity contribution is 7.88. The van der Waals surface area contributed by atoms with Gasteiger partial charge < -0.3 is 14.8 Å². The number of carbonyl (C=O) groups excluding carboxylic acids is 1. The molecule has 2 heterocycles. The fourth-order valence-electron chi connectivity index (χ4n) is 4.04. The summed E-state index contributed by atoms with van der Waals surface area (Å²) in [6.07, 6.45) is 1.31. The lowest BCUT2D eigenvalue weighted by atomic mass is 9.97. The zero-order chi connectivity index (χ0) is 22.7. The van der Waals surface area contributed by atoms with Crippen molar-refractivity contribution in [1.29, 1.82) is 0 Å². The molecule has 1 saturated heterocycles. The van der Waals surface area contributed by atoms with Crippen molar-refractivity contribution < 1.29 is 22.7 Å². The van der Waals surface area contributed by atoms with Crippen molar-refractivity contribution in [2.24, 2.45) is 5.92 Å². The third-order valence-corrected chi connectivity index (χ3v) is 7.90. The van der Waals surface area contributed by atoms with Crippen LogP contribution in [0.3, 0.4) is 0 Å². The third kappa shape index (κ3) is 5.36. The van der Waals surface area contributed by atoms with Gasteiger partial charge in [-0.3, -0.25) is 4.79 Å². The van der Waals surface area contributed by atoms with Crippen molar-refractivity contribution in [1.82, 2.24) is 9.62 Å². The second-order valence-corrected chi connectivity index (χ2v) is 10.6. The number of piperidine rings is 1. The molecule has 2 aromatic carbocycles. The molecular formula is C23H27ClN2O5S. The van der Waals surface area contributed by atoms with Gasteiger partial charge in [0.2, 0.25) is 15.9 Å². The number of fused-ring (bicyclic) bond motifs is 1. The second kappa shape index (κ2) is 9.68. The van der Waals surface area contributed by atoms with Crippen molar-refractivity contribution in [2.45, 2.75) is 31.6 Å². The molecule has 172 valence electrons. The molecule has 0 aliphatic carbocycles. The van der Waals surface area contributed by atoms with Gasteiger partial charge in [0.05, 0.1) is 17.7 Å². The number of sulfonamides is 1. The molecule has 2 aliphatic rings. The van der Waals surface area contributed by atoms with Gasteiger partial charge >= 0.3 is 0 Å². The maximum atomic E-state index is 12.9. The van der Waals surface area contributed by atoms with Crippen LogP contribution in [-0.4, -0.2) is 44.9 Å². The van der Waals surface area contributed by atoms with E-state index in [0.717, 1.165) is 5.56 Å². The Morgan fingerprint density at radius 2 is 1.88 bits per heavy atom. The van der Waals surface area contributed by atoms with Crippen LogP contribution in [0.15, 0.2) is 42.5 Å². The summed E-state index contributed by atoms with van der Waals surface area (Å²) in [5.74, 6) is 0.744. The lowest BCUT2D eigenvalue weighted by Gasteiger charge is -2.32. The van der Waals surface area contributed by atoms with E-state index >= 15 is 0 Å². The van der Waals surface area contributed by atoms with Crippen LogP contribution in [0.5, 0.6) is 11.5 Å². The van der Waals surface area contributed by atoms with Crippen molar-refractivity contribution in [3.63, 3.8) is 0 Å². The van der Waals surface area contributed by atoms with Gasteiger partial charge in [-0.25, -0.2) is 12.7 Å². The molecule has 0 saturated carbocycles. The molecule has 1 amide bonds. The van der Waals surface area contributed by atoms with Crippen LogP contribution in [-0.2, 0) is 20.6 Å². The van der Waals surface area contributed by atoms with Gasteiger partial charge in [-0.15, -0.1) is 0 Å². The van der Waals surface area contributed by atoms with Crippen LogP contribution < -0.4 is 14.8 Å². The van der Waals surface area contributed by atoms with Crippen molar-refractivity contribution in [3.8, 4) is 11.5 Å². The van der Waals surface area contributed by atoms with Crippen LogP contribution >= 0.6 is 11.6 Å². The van der Waals surface area contributed by atoms with Crippen LogP contribution in [0.25, 0.3) is 0 Å². The van der Waals surface area contributed by atoms with Gasteiger partial charge in [-0.1, -0.05) is 29.8 Å². The highest BCUT2D eigenvalue weighted by Gasteiger charge is 2.33. The molecule has 0 bridgehead atoms. The molecule has 0 spiro atoms. The highest BCUT2D eigenvalue weighted by atomic mass is 35.5. The van der Waals surface area contributed by atoms with Crippen LogP contribution in [0.2, 0.25) is 5.02 Å². The number of hydrogen-bond donors (Lipinski definition) is 1. The summed E-state index contributed by atoms with van der Waals surface area (Å²) >= 11 is 5.89. The Balaban J connectivity index is 1.38. The third-order valence-electron chi connectivity index (χ3n) is 5.84. The molecule has 0 radical (unpaired) electrons. The summed E-state index contributed by atoms with van der Waals surface area (Å²) in [6, 6.07) is 12.2. The Morgan fingerprint density at radius 3 is 2.62 bits per heavy atom. The second-order valence-electron chi connectivity index (χ2n) is 8.21. The highest BCUT2D eigenvalue weighted by Crippen LogP contribution is 2.33. The number of halogens is 1. The first-order valence-electron chi connectivity index (χ1n) is 10.7. The lowest BCUT2D eigenvalue weighted by molar-refractivity contribution is -0.126. The van der Waals surface area contributed by atoms with E-state index in [4.69, 9.17) is 21.1 Å². The number of rotatable bonds is 6. The summed E-state index contributed by atoms with van der Waals surface area (Å²) < 4.78 is 38.5. The smallest absolute Gasteiger partial charge is 0.224 e. The van der Waals surface area contributed by atoms with Crippen LogP contribution in [0.4, 0.5) is 0 Å². The fourth-order valence-corrected chi connectivity index (χ4v) is 5.77. The standard InChI is InChI=1S/C23H27ClN2O5S/c1-16(18-6-9-21-22(13-18)31-12-11-30-21)25-23(27)19-3-2-10-26(14-19)32(28,29)15-17-4-7-20(24)8-5-17/h4-9,13,16,19H,2-3,10-12,14-15H2,1H3,(H,25,27)/t16-,19-/m0/s1. The van der Waals surface area contributed by atoms with Gasteiger partial charge in [0.25, 0.3) is 0 Å². The molecular weight excluding hydrogens is 452 g/mol. The number of ether oxygens (including phenoxy) is 2. The number of benzene rings is 2. The van der Waals surface area contributed by atoms with Gasteiger partial charge in [0.1, 0.15) is 13.2 Å². The Bertz CT molecular complexity index is 1070. The molecule has 1 N–H and O–H groups in total. The fraction of sp³-hybridized carbons (Fsp3) is 0.435. The number of hydrogen-bond acceptors (Lipinski definition) is 5. The monoisotopic (exact) mass is 478 g/mol. The van der Waals surface area contributed by atoms with Crippen LogP contribution in [0, 0.1) is 5.92 Å². The van der Waals surface area contributed by atoms with Crippen molar-refractivity contribution in [2.75, 3.05) is 26.3 Å². The van der Waals surface area contributed by atoms with E-state index in [0.29, 0.717) is 54.7 Å². The Hall–Kier alpha value is -2.29. The zero-order valence-electron chi connectivity index (χ0n) is 17.9. The van der Waals surface area contributed by atoms with E-state index in [2.05, 4.69) is 5.32 Å². The average Bonchev–Trinajstić information content (AvgIpc) is 2.80. The van der Waals surface area contributed by atoms with Gasteiger partial charge in [0.15, 0.2) is 11.5 Å². The predicted octanol–water partition coefficient (Wildman–Crippen LogP) is 3.53. The zero-order valence-corrected chi connectivity index (χ0v) is 19.5. The predicted molar refractivity (Wildman–Crippen MR) is 122 cm³/mol. The summed E-state index contributed by atoms with van der Waals surface area (Å²) in [5, 5.41) is 3.59. The van der Waals surface area contributed by atoms with E-state index in [-0.39, 0.29) is 30.2 Å². The summed E-state index contributed by atoms with van der Waals surface area (Å²) in [4.78, 5) is 12.9. The van der Waals surface area contributed by atoms with Gasteiger partial charge in [0, 0.05) is 18.1 Å². The van der Waals surface area contributed by atoms with E-state index in [1.807, 2.05) is 25.1 Å². The van der Waals surface area contributed by atoms with E-state index in [9.17, 15) is 13.2 Å². The molecule has 0 aromatic heterocycles. The maximum Gasteiger partial charge on any atom is 0.224 e. The summed E-state index contributed by atoms with van der Waals surface area (Å²) in [6.45, 7) is 3.55. The molecule has 4 rings (SSSR count). The minimum Gasteiger partial charge on any atom is -0.486 e. The first-order valence-corrected chi connectivity index (χ1v) is 12.7. The Kier molecular flexibility index (Phi) is 6.93. The number of nitrogens with one attached hydrogen (secondary N) is 1. The average molecular weight is 479 g/mol. The van der Waals surface area contributed by atoms with E-state index in [1.165, 1.54) is 4.31 Å². The minimum atomic E-state index is -3.53. The summed E-state index contributed by atoms with van der Waals surface area (Å²) in [7, 11) is -3.53. The van der Waals surface area contributed by atoms with E-state index < -0.39 is 10.0 Å². The first kappa shape index (κ1) is 22.9. The number of amides is 1. The lowest BCUT2D eigenvalue weighted by Crippen LogP contribution is -2.46. The molecule has 1 fully saturated rings. The van der Waals surface area contributed by atoms with Gasteiger partial charge in [-0.05, 0) is 55.2 Å². The number of nitrogens with zero attached hydrogens (tertiary/aromatic N) is 1. The topological polar surface area (TPSA) is 84.9 Å². The van der Waals surface area contributed by atoms with Gasteiger partial charge in [-0.2, -0.15) is 0 Å². The molecule has 0 unspecified atom stereocenters. The first-order chi connectivity index (χ1) is 15.3. The van der Waals surface area contributed by atoms with Crippen molar-refractivity contribution >= 4 is 27.5 Å². The molecule has 9 heteroatoms. The maximum absolute atomic E-state index is 12.9. The molecule has 2 atom stereocenters. The minimum absolute atomic E-state index is 0.105. The molecule has 32 heavy (non-hydrogen) atoms. The molecule has 2 aliphatic heterocycles. The molecule has 2 aromatic rings. The Labute approximate surface area is 193 Å².